The van der Waals surface area contributed by atoms with E-state index in [9.17, 15) is 5.11 Å². The molecule has 0 amide bonds. The fourth-order valence-corrected chi connectivity index (χ4v) is 1.56. The van der Waals surface area contributed by atoms with E-state index in [4.69, 9.17) is 28.9 Å². The number of nitrogens with zero attached hydrogens (tertiary/aromatic N) is 5. The molecule has 0 spiro atoms. The molecule has 0 bridgehead atoms. The Balaban J connectivity index is 2.31. The van der Waals surface area contributed by atoms with Gasteiger partial charge in [0.15, 0.2) is 5.75 Å². The average molecular weight is 273 g/mol. The number of anilines is 1. The smallest absolute Gasteiger partial charge is 0.263 e. The lowest BCUT2D eigenvalue weighted by atomic mass is 10.2. The first kappa shape index (κ1) is 11.6. The number of halogens is 2. The molecule has 1 aromatic heterocycles. The summed E-state index contributed by atoms with van der Waals surface area (Å²) >= 11 is 11.5. The molecule has 2 aromatic rings. The number of nitrogens with two attached hydrogens (primary N) is 1. The minimum Gasteiger partial charge on any atom is -0.505 e. The van der Waals surface area contributed by atoms with E-state index < -0.39 is 0 Å². The molecule has 0 atom stereocenters. The molecule has 0 aliphatic heterocycles. The third kappa shape index (κ3) is 2.45. The van der Waals surface area contributed by atoms with Crippen LogP contribution in [0.15, 0.2) is 17.2 Å². The molecule has 1 heterocycles. The van der Waals surface area contributed by atoms with E-state index >= 15 is 0 Å². The van der Waals surface area contributed by atoms with Gasteiger partial charge in [0, 0.05) is 0 Å². The van der Waals surface area contributed by atoms with Gasteiger partial charge in [-0.2, -0.15) is 5.10 Å². The molecule has 0 fully saturated rings. The summed E-state index contributed by atoms with van der Waals surface area (Å²) in [5, 5.41) is 23.8. The zero-order valence-electron chi connectivity index (χ0n) is 8.25. The molecule has 0 saturated heterocycles. The van der Waals surface area contributed by atoms with Gasteiger partial charge in [-0.05, 0) is 28.1 Å². The van der Waals surface area contributed by atoms with Gasteiger partial charge in [-0.25, -0.2) is 0 Å². The molecule has 0 aliphatic carbocycles. The second kappa shape index (κ2) is 4.56. The highest BCUT2D eigenvalue weighted by Crippen LogP contribution is 2.32. The molecular weight excluding hydrogens is 267 g/mol. The van der Waals surface area contributed by atoms with Crippen molar-refractivity contribution in [3.8, 4) is 5.75 Å². The van der Waals surface area contributed by atoms with E-state index in [1.165, 1.54) is 18.3 Å². The van der Waals surface area contributed by atoms with Crippen molar-refractivity contribution in [2.24, 2.45) is 5.10 Å². The van der Waals surface area contributed by atoms with Gasteiger partial charge in [-0.1, -0.05) is 33.1 Å². The summed E-state index contributed by atoms with van der Waals surface area (Å²) in [7, 11) is 0. The van der Waals surface area contributed by atoms with Gasteiger partial charge in [-0.3, -0.25) is 0 Å². The highest BCUT2D eigenvalue weighted by molar-refractivity contribution is 6.37. The summed E-state index contributed by atoms with van der Waals surface area (Å²) in [5.74, 6) is -0.121. The van der Waals surface area contributed by atoms with Crippen LogP contribution in [0.5, 0.6) is 5.75 Å². The Labute approximate surface area is 105 Å². The van der Waals surface area contributed by atoms with Crippen LogP contribution < -0.4 is 5.73 Å². The van der Waals surface area contributed by atoms with E-state index in [2.05, 4.69) is 20.6 Å². The second-order valence-electron chi connectivity index (χ2n) is 3.00. The molecule has 7 nitrogen and oxygen atoms in total. The molecule has 88 valence electrons. The zero-order chi connectivity index (χ0) is 12.4. The molecule has 2 rings (SSSR count). The van der Waals surface area contributed by atoms with Gasteiger partial charge < -0.3 is 10.8 Å². The number of hydrogen-bond donors (Lipinski definition) is 2. The van der Waals surface area contributed by atoms with Crippen molar-refractivity contribution in [3.05, 3.63) is 27.7 Å². The highest BCUT2D eigenvalue weighted by atomic mass is 35.5. The Hall–Kier alpha value is -1.86. The lowest BCUT2D eigenvalue weighted by Crippen LogP contribution is -1.99. The zero-order valence-corrected chi connectivity index (χ0v) is 9.76. The maximum Gasteiger partial charge on any atom is 0.263 e. The Morgan fingerprint density at radius 2 is 2.00 bits per heavy atom. The third-order valence-corrected chi connectivity index (χ3v) is 2.41. The number of tetrazole rings is 1. The lowest BCUT2D eigenvalue weighted by Gasteiger charge is -2.00. The van der Waals surface area contributed by atoms with Crippen molar-refractivity contribution < 1.29 is 5.11 Å². The largest absolute Gasteiger partial charge is 0.505 e. The lowest BCUT2D eigenvalue weighted by molar-refractivity contribution is 0.476. The topological polar surface area (TPSA) is 102 Å². The van der Waals surface area contributed by atoms with Gasteiger partial charge in [0.2, 0.25) is 0 Å². The standard InChI is InChI=1S/C8H6Cl2N6O/c9-5-1-4(2-6(10)7(5)17)3-12-16-8(11)13-14-15-16/h1-3,17H,(H2,11,13,15)/b12-3+. The van der Waals surface area contributed by atoms with Crippen molar-refractivity contribution >= 4 is 35.4 Å². The summed E-state index contributed by atoms with van der Waals surface area (Å²) in [5.41, 5.74) is 5.99. The van der Waals surface area contributed by atoms with Gasteiger partial charge in [0.1, 0.15) is 0 Å². The fourth-order valence-electron chi connectivity index (χ4n) is 1.05. The number of hydrogen-bond acceptors (Lipinski definition) is 6. The van der Waals surface area contributed by atoms with Crippen molar-refractivity contribution in [1.29, 1.82) is 0 Å². The Bertz CT molecular complexity index is 558. The first-order chi connectivity index (χ1) is 8.08. The molecule has 0 radical (unpaired) electrons. The number of nitrogen functional groups attached to an aromatic ring is 1. The molecule has 1 aromatic carbocycles. The molecule has 0 unspecified atom stereocenters. The van der Waals surface area contributed by atoms with E-state index in [-0.39, 0.29) is 21.7 Å². The Kier molecular flexibility index (Phi) is 3.12. The molecule has 0 aliphatic rings. The normalized spacial score (nSPS) is 11.2. The van der Waals surface area contributed by atoms with E-state index in [1.807, 2.05) is 0 Å². The van der Waals surface area contributed by atoms with E-state index in [0.717, 1.165) is 4.79 Å². The average Bonchev–Trinajstić information content (AvgIpc) is 2.69. The van der Waals surface area contributed by atoms with Crippen LogP contribution in [0, 0.1) is 0 Å². The van der Waals surface area contributed by atoms with Crippen molar-refractivity contribution in [3.63, 3.8) is 0 Å². The fraction of sp³-hybridized carbons (Fsp3) is 0. The molecule has 9 heteroatoms. The van der Waals surface area contributed by atoms with Gasteiger partial charge in [0.25, 0.3) is 5.95 Å². The third-order valence-electron chi connectivity index (χ3n) is 1.83. The van der Waals surface area contributed by atoms with Crippen LogP contribution in [-0.4, -0.2) is 31.6 Å². The van der Waals surface area contributed by atoms with Crippen LogP contribution in [0.2, 0.25) is 10.0 Å². The van der Waals surface area contributed by atoms with Crippen molar-refractivity contribution in [1.82, 2.24) is 20.3 Å². The van der Waals surface area contributed by atoms with Crippen LogP contribution in [-0.2, 0) is 0 Å². The SMILES string of the molecule is Nc1nnnn1/N=C/c1cc(Cl)c(O)c(Cl)c1. The monoisotopic (exact) mass is 272 g/mol. The summed E-state index contributed by atoms with van der Waals surface area (Å²) < 4.78 is 0. The summed E-state index contributed by atoms with van der Waals surface area (Å²) in [6.45, 7) is 0. The number of phenolic OH excluding ortho intramolecular Hbond substituents is 1. The van der Waals surface area contributed by atoms with Gasteiger partial charge >= 0.3 is 0 Å². The molecule has 0 saturated carbocycles. The maximum atomic E-state index is 9.36. The van der Waals surface area contributed by atoms with Crippen molar-refractivity contribution in [2.75, 3.05) is 5.73 Å². The Morgan fingerprint density at radius 1 is 1.35 bits per heavy atom. The predicted molar refractivity (Wildman–Crippen MR) is 63.3 cm³/mol. The van der Waals surface area contributed by atoms with Crippen LogP contribution in [0.3, 0.4) is 0 Å². The van der Waals surface area contributed by atoms with E-state index in [0.29, 0.717) is 5.56 Å². The second-order valence-corrected chi connectivity index (χ2v) is 3.82. The van der Waals surface area contributed by atoms with E-state index in [1.54, 1.807) is 0 Å². The maximum absolute atomic E-state index is 9.36. The van der Waals surface area contributed by atoms with Gasteiger partial charge in [-0.15, -0.1) is 0 Å². The van der Waals surface area contributed by atoms with Crippen LogP contribution in [0.4, 0.5) is 5.95 Å². The van der Waals surface area contributed by atoms with Crippen LogP contribution in [0.25, 0.3) is 0 Å². The molecule has 3 N–H and O–H groups in total. The summed E-state index contributed by atoms with van der Waals surface area (Å²) in [6, 6.07) is 2.99. The first-order valence-corrected chi connectivity index (χ1v) is 5.09. The number of benzene rings is 1. The number of aromatic hydroxyl groups is 1. The number of aromatic nitrogens is 4. The first-order valence-electron chi connectivity index (χ1n) is 4.34. The quantitative estimate of drug-likeness (QED) is 0.799. The number of phenols is 1. The Morgan fingerprint density at radius 3 is 2.53 bits per heavy atom. The minimum atomic E-state index is -0.174. The minimum absolute atomic E-state index is 0.0530. The van der Waals surface area contributed by atoms with Crippen LogP contribution in [0.1, 0.15) is 5.56 Å². The molecule has 17 heavy (non-hydrogen) atoms. The summed E-state index contributed by atoms with van der Waals surface area (Å²) in [6.07, 6.45) is 1.41. The highest BCUT2D eigenvalue weighted by Gasteiger charge is 2.05. The number of rotatable bonds is 2. The van der Waals surface area contributed by atoms with Crippen LogP contribution >= 0.6 is 23.2 Å². The van der Waals surface area contributed by atoms with Crippen molar-refractivity contribution in [2.45, 2.75) is 0 Å². The predicted octanol–water partition coefficient (Wildman–Crippen LogP) is 1.15. The summed E-state index contributed by atoms with van der Waals surface area (Å²) in [4.78, 5) is 1.04. The molecular formula is C8H6Cl2N6O. The van der Waals surface area contributed by atoms with Gasteiger partial charge in [0.05, 0.1) is 16.3 Å².